The summed E-state index contributed by atoms with van der Waals surface area (Å²) in [5, 5.41) is 20.1. The molecule has 22 heteroatoms. The van der Waals surface area contributed by atoms with Gasteiger partial charge in [0.25, 0.3) is 5.91 Å². The van der Waals surface area contributed by atoms with E-state index in [1.807, 2.05) is 31.2 Å². The normalized spacial score (nSPS) is 20.3. The Morgan fingerprint density at radius 3 is 2.37 bits per heavy atom. The standard InChI is InChI=1S/C53H69ClFN11O7S2/c1-32(46(68)61-37-8-7-9-40(43(37)54)75-42-28-57-41(27-58-42)64-16-14-52(6,30-56)15-17-64)48(70)65-20-18-63(19-21-65)22-23-73-39-24-34(44-33(2)60-31-74-44)10-11-35(39)26-59-47(69)38-25-36(67)29-66(38)49(71)45(51(3,4)5)62-50(72)53(55)12-13-53/h7-11,24,27-28,31-32,36,38,45,67H,12-23,25-26,29-30,56H2,1-6H3,(H,59,69)(H,61,68)(H,62,72)/t32?,36?,38?,45-/m1/s1. The lowest BCUT2D eigenvalue weighted by molar-refractivity contribution is -0.145. The largest absolute Gasteiger partial charge is 0.492 e. The van der Waals surface area contributed by atoms with Crippen LogP contribution in [0.3, 0.4) is 0 Å². The molecule has 0 radical (unpaired) electrons. The first-order valence-corrected chi connectivity index (χ1v) is 27.7. The molecule has 2 aromatic heterocycles. The molecular weight excluding hydrogens is 1020 g/mol. The predicted molar refractivity (Wildman–Crippen MR) is 287 cm³/mol. The molecule has 1 aliphatic carbocycles. The number of aromatic nitrogens is 3. The summed E-state index contributed by atoms with van der Waals surface area (Å²) in [6.07, 6.45) is 4.69. The smallest absolute Gasteiger partial charge is 0.258 e. The molecule has 4 aliphatic rings. The van der Waals surface area contributed by atoms with Crippen molar-refractivity contribution in [3.63, 3.8) is 0 Å². The summed E-state index contributed by atoms with van der Waals surface area (Å²) in [6, 6.07) is 8.92. The van der Waals surface area contributed by atoms with Crippen LogP contribution in [0.25, 0.3) is 10.4 Å². The van der Waals surface area contributed by atoms with E-state index in [4.69, 9.17) is 22.1 Å². The van der Waals surface area contributed by atoms with Crippen molar-refractivity contribution < 1.29 is 38.2 Å². The second-order valence-electron chi connectivity index (χ2n) is 21.6. The Hall–Kier alpha value is -5.45. The summed E-state index contributed by atoms with van der Waals surface area (Å²) < 4.78 is 21.1. The second kappa shape index (κ2) is 23.4. The number of carbonyl (C=O) groups excluding carboxylic acids is 5. The average Bonchev–Trinajstić information content (AvgIpc) is 3.80. The predicted octanol–water partition coefficient (Wildman–Crippen LogP) is 5.69. The number of β-amino-alcohol motifs (C(OH)–C–C–N with tert-alkyl or cyclic N) is 1. The van der Waals surface area contributed by atoms with Crippen LogP contribution in [0.1, 0.15) is 78.0 Å². The lowest BCUT2D eigenvalue weighted by atomic mass is 9.80. The number of benzene rings is 2. The number of aryl methyl sites for hydroxylation is 1. The number of amides is 5. The van der Waals surface area contributed by atoms with Crippen LogP contribution in [0.4, 0.5) is 15.9 Å². The highest BCUT2D eigenvalue weighted by Gasteiger charge is 2.53. The molecule has 5 heterocycles. The Kier molecular flexibility index (Phi) is 17.4. The third kappa shape index (κ3) is 13.4. The first kappa shape index (κ1) is 55.8. The van der Waals surface area contributed by atoms with Gasteiger partial charge >= 0.3 is 0 Å². The number of piperazine rings is 1. The molecule has 0 bridgehead atoms. The lowest BCUT2D eigenvalue weighted by Gasteiger charge is -2.39. The third-order valence-electron chi connectivity index (χ3n) is 14.8. The van der Waals surface area contributed by atoms with Crippen LogP contribution < -0.4 is 31.3 Å². The quantitative estimate of drug-likeness (QED) is 0.0755. The van der Waals surface area contributed by atoms with Crippen LogP contribution in [-0.4, -0.2) is 154 Å². The number of rotatable bonds is 18. The van der Waals surface area contributed by atoms with Gasteiger partial charge in [0.05, 0.1) is 45.3 Å². The molecule has 4 aromatic rings. The maximum absolute atomic E-state index is 14.7. The van der Waals surface area contributed by atoms with Gasteiger partial charge in [-0.15, -0.1) is 11.3 Å². The van der Waals surface area contributed by atoms with E-state index in [0.717, 1.165) is 47.9 Å². The fourth-order valence-electron chi connectivity index (χ4n) is 9.48. The summed E-state index contributed by atoms with van der Waals surface area (Å²) in [7, 11) is 0. The van der Waals surface area contributed by atoms with Crippen LogP contribution >= 0.6 is 34.7 Å². The number of ether oxygens (including phenoxy) is 1. The van der Waals surface area contributed by atoms with Crippen molar-refractivity contribution >= 4 is 75.7 Å². The lowest BCUT2D eigenvalue weighted by Crippen LogP contribution is -2.59. The zero-order chi connectivity index (χ0) is 53.8. The molecule has 6 N–H and O–H groups in total. The highest BCUT2D eigenvalue weighted by Crippen LogP contribution is 2.41. The molecule has 2 aromatic carbocycles. The van der Waals surface area contributed by atoms with E-state index in [1.165, 1.54) is 28.0 Å². The first-order valence-electron chi connectivity index (χ1n) is 25.6. The summed E-state index contributed by atoms with van der Waals surface area (Å²) >= 11 is 9.65. The number of aliphatic hydroxyl groups excluding tert-OH is 1. The van der Waals surface area contributed by atoms with Gasteiger partial charge < -0.3 is 46.2 Å². The number of anilines is 2. The molecule has 3 unspecified atom stereocenters. The Morgan fingerprint density at radius 2 is 1.73 bits per heavy atom. The number of likely N-dealkylation sites (tertiary alicyclic amines) is 1. The number of thiazole rings is 1. The SMILES string of the molecule is Cc1ncsc1-c1ccc(CNC(=O)C2CC(O)CN2C(=O)[C@@H](NC(=O)C2(F)CC2)C(C)(C)C)c(OCCN2CCN(C(=O)C(C)C(=O)Nc3cccc(Sc4cnc(N5CCC(C)(CN)CC5)cn4)c3Cl)CC2)c1. The zero-order valence-corrected chi connectivity index (χ0v) is 45.9. The Morgan fingerprint density at radius 1 is 1.00 bits per heavy atom. The molecule has 8 rings (SSSR count). The molecule has 0 spiro atoms. The van der Waals surface area contributed by atoms with Crippen molar-refractivity contribution in [2.75, 3.05) is 75.7 Å². The summed E-state index contributed by atoms with van der Waals surface area (Å²) in [5.74, 6) is -2.25. The van der Waals surface area contributed by atoms with E-state index in [2.05, 4.69) is 47.6 Å². The monoisotopic (exact) mass is 1090 g/mol. The number of nitrogens with two attached hydrogens (primary N) is 1. The third-order valence-corrected chi connectivity index (χ3v) is 17.3. The fourth-order valence-corrected chi connectivity index (χ4v) is 11.4. The van der Waals surface area contributed by atoms with E-state index >= 15 is 0 Å². The summed E-state index contributed by atoms with van der Waals surface area (Å²) in [5.41, 5.74) is 7.95. The topological polar surface area (TPSA) is 229 Å². The van der Waals surface area contributed by atoms with Gasteiger partial charge in [-0.3, -0.25) is 28.9 Å². The van der Waals surface area contributed by atoms with E-state index in [-0.39, 0.29) is 43.7 Å². The van der Waals surface area contributed by atoms with Gasteiger partial charge in [0, 0.05) is 75.8 Å². The number of piperidine rings is 1. The van der Waals surface area contributed by atoms with E-state index < -0.39 is 58.8 Å². The van der Waals surface area contributed by atoms with Crippen molar-refractivity contribution in [1.29, 1.82) is 0 Å². The van der Waals surface area contributed by atoms with Crippen molar-refractivity contribution in [3.05, 3.63) is 70.6 Å². The number of hydrogen-bond acceptors (Lipinski definition) is 15. The minimum Gasteiger partial charge on any atom is -0.492 e. The maximum Gasteiger partial charge on any atom is 0.258 e. The molecule has 1 saturated carbocycles. The summed E-state index contributed by atoms with van der Waals surface area (Å²) in [6.45, 7) is 16.1. The van der Waals surface area contributed by atoms with Gasteiger partial charge in [0.15, 0.2) is 5.67 Å². The Labute approximate surface area is 451 Å². The molecule has 3 saturated heterocycles. The highest BCUT2D eigenvalue weighted by atomic mass is 35.5. The van der Waals surface area contributed by atoms with Gasteiger partial charge in [0.2, 0.25) is 23.6 Å². The number of nitrogens with zero attached hydrogens (tertiary/aromatic N) is 7. The van der Waals surface area contributed by atoms with Crippen molar-refractivity contribution in [2.45, 2.75) is 114 Å². The van der Waals surface area contributed by atoms with Crippen LogP contribution in [0.15, 0.2) is 64.2 Å². The number of hydrogen-bond donors (Lipinski definition) is 5. The van der Waals surface area contributed by atoms with Crippen molar-refractivity contribution in [1.82, 2.24) is 40.3 Å². The van der Waals surface area contributed by atoms with Gasteiger partial charge in [-0.05, 0) is 80.7 Å². The van der Waals surface area contributed by atoms with Crippen LogP contribution in [-0.2, 0) is 30.5 Å². The molecule has 4 atom stereocenters. The van der Waals surface area contributed by atoms with Crippen molar-refractivity contribution in [3.8, 4) is 16.2 Å². The number of alkyl halides is 1. The molecule has 404 valence electrons. The Balaban J connectivity index is 0.826. The second-order valence-corrected chi connectivity index (χ2v) is 23.9. The van der Waals surface area contributed by atoms with Crippen LogP contribution in [0.5, 0.6) is 5.75 Å². The fraction of sp³-hybridized carbons (Fsp3) is 0.547. The average molecular weight is 1090 g/mol. The minimum absolute atomic E-state index is 0.000706. The minimum atomic E-state index is -1.99. The number of carbonyl (C=O) groups is 5. The first-order chi connectivity index (χ1) is 35.6. The Bertz CT molecular complexity index is 2720. The maximum atomic E-state index is 14.7. The van der Waals surface area contributed by atoms with Crippen LogP contribution in [0.2, 0.25) is 5.02 Å². The number of halogens is 2. The van der Waals surface area contributed by atoms with Crippen molar-refractivity contribution in [2.24, 2.45) is 22.5 Å². The van der Waals surface area contributed by atoms with E-state index in [1.54, 1.807) is 62.6 Å². The zero-order valence-electron chi connectivity index (χ0n) is 43.5. The molecule has 75 heavy (non-hydrogen) atoms. The molecule has 18 nitrogen and oxygen atoms in total. The molecule has 3 aliphatic heterocycles. The van der Waals surface area contributed by atoms with Gasteiger partial charge in [0.1, 0.15) is 41.2 Å². The van der Waals surface area contributed by atoms with Gasteiger partial charge in [-0.2, -0.15) is 0 Å². The molecular formula is C53H69ClFN11O7S2. The number of nitrogens with one attached hydrogen (secondary N) is 3. The van der Waals surface area contributed by atoms with E-state index in [0.29, 0.717) is 77.8 Å². The van der Waals surface area contributed by atoms with Crippen LogP contribution in [0, 0.1) is 23.7 Å². The number of aliphatic hydroxyl groups is 1. The van der Waals surface area contributed by atoms with Gasteiger partial charge in [-0.1, -0.05) is 69.3 Å². The highest BCUT2D eigenvalue weighted by molar-refractivity contribution is 7.99. The van der Waals surface area contributed by atoms with E-state index in [9.17, 15) is 33.5 Å². The summed E-state index contributed by atoms with van der Waals surface area (Å²) in [4.78, 5) is 90.5. The molecule has 5 amide bonds. The van der Waals surface area contributed by atoms with Gasteiger partial charge in [-0.25, -0.2) is 19.3 Å². The molecule has 4 fully saturated rings.